The Hall–Kier alpha value is -1.90. The van der Waals surface area contributed by atoms with Crippen LogP contribution in [0, 0.1) is 11.6 Å². The number of nitrogens with one attached hydrogen (secondary N) is 2. The van der Waals surface area contributed by atoms with Crippen LogP contribution < -0.4 is 15.4 Å². The number of guanidine groups is 1. The van der Waals surface area contributed by atoms with Gasteiger partial charge in [-0.25, -0.2) is 22.2 Å². The third kappa shape index (κ3) is 9.23. The molecule has 0 aliphatic heterocycles. The molecule has 1 rings (SSSR count). The number of sulfone groups is 1. The fraction of sp³-hybridized carbons (Fsp3) is 0.562. The fourth-order valence-electron chi connectivity index (χ4n) is 1.92. The van der Waals surface area contributed by atoms with Crippen molar-refractivity contribution < 1.29 is 21.9 Å². The average molecular weight is 377 g/mol. The lowest BCUT2D eigenvalue weighted by atomic mass is 10.3. The van der Waals surface area contributed by atoms with Gasteiger partial charge in [-0.2, -0.15) is 0 Å². The van der Waals surface area contributed by atoms with Gasteiger partial charge in [0.15, 0.2) is 17.5 Å². The van der Waals surface area contributed by atoms with Crippen LogP contribution in [-0.2, 0) is 9.84 Å². The Morgan fingerprint density at radius 1 is 1.36 bits per heavy atom. The Labute approximate surface area is 147 Å². The number of benzene rings is 1. The standard InChI is InChI=1S/C16H25F2N3O3S/c1-4-19-16(21-12(2)7-10-25(3,22)23)20-8-9-24-15-6-5-13(17)11-14(15)18/h5-6,11-12H,4,7-10H2,1-3H3,(H2,19,20,21). The smallest absolute Gasteiger partial charge is 0.191 e. The molecule has 0 saturated heterocycles. The largest absolute Gasteiger partial charge is 0.489 e. The van der Waals surface area contributed by atoms with Gasteiger partial charge < -0.3 is 15.4 Å². The van der Waals surface area contributed by atoms with Gasteiger partial charge in [0.2, 0.25) is 0 Å². The molecule has 2 N–H and O–H groups in total. The summed E-state index contributed by atoms with van der Waals surface area (Å²) in [6.45, 7) is 4.78. The van der Waals surface area contributed by atoms with E-state index in [2.05, 4.69) is 15.6 Å². The first kappa shape index (κ1) is 21.1. The highest BCUT2D eigenvalue weighted by Crippen LogP contribution is 2.17. The van der Waals surface area contributed by atoms with Crippen molar-refractivity contribution in [3.63, 3.8) is 0 Å². The molecule has 9 heteroatoms. The summed E-state index contributed by atoms with van der Waals surface area (Å²) in [4.78, 5) is 4.28. The summed E-state index contributed by atoms with van der Waals surface area (Å²) < 4.78 is 53.9. The SMILES string of the molecule is CCNC(=NCCOc1ccc(F)cc1F)NC(C)CCS(C)(=O)=O. The maximum absolute atomic E-state index is 13.4. The van der Waals surface area contributed by atoms with Crippen molar-refractivity contribution in [2.75, 3.05) is 31.7 Å². The van der Waals surface area contributed by atoms with Gasteiger partial charge in [0.25, 0.3) is 0 Å². The minimum atomic E-state index is -3.01. The quantitative estimate of drug-likeness (QED) is 0.389. The second kappa shape index (κ2) is 10.2. The van der Waals surface area contributed by atoms with Crippen LogP contribution in [0.1, 0.15) is 20.3 Å². The molecule has 0 fully saturated rings. The van der Waals surface area contributed by atoms with E-state index in [0.29, 0.717) is 18.9 Å². The Balaban J connectivity index is 2.49. The van der Waals surface area contributed by atoms with Crippen molar-refractivity contribution in [1.82, 2.24) is 10.6 Å². The second-order valence-electron chi connectivity index (χ2n) is 5.65. The summed E-state index contributed by atoms with van der Waals surface area (Å²) in [5.41, 5.74) is 0. The monoisotopic (exact) mass is 377 g/mol. The first-order chi connectivity index (χ1) is 11.7. The number of hydrogen-bond acceptors (Lipinski definition) is 4. The van der Waals surface area contributed by atoms with Crippen LogP contribution in [0.4, 0.5) is 8.78 Å². The van der Waals surface area contributed by atoms with E-state index in [9.17, 15) is 17.2 Å². The first-order valence-corrected chi connectivity index (χ1v) is 10.1. The zero-order valence-corrected chi connectivity index (χ0v) is 15.5. The molecule has 0 heterocycles. The summed E-state index contributed by atoms with van der Waals surface area (Å²) in [5, 5.41) is 6.14. The van der Waals surface area contributed by atoms with Gasteiger partial charge in [0, 0.05) is 24.9 Å². The highest BCUT2D eigenvalue weighted by atomic mass is 32.2. The summed E-state index contributed by atoms with van der Waals surface area (Å²) >= 11 is 0. The van der Waals surface area contributed by atoms with Gasteiger partial charge in [0.1, 0.15) is 22.3 Å². The predicted octanol–water partition coefficient (Wildman–Crippen LogP) is 1.72. The van der Waals surface area contributed by atoms with E-state index in [1.165, 1.54) is 12.3 Å². The molecule has 1 atom stereocenters. The van der Waals surface area contributed by atoms with Crippen LogP contribution >= 0.6 is 0 Å². The van der Waals surface area contributed by atoms with E-state index in [1.807, 2.05) is 13.8 Å². The Bertz CT molecular complexity index is 681. The molecule has 0 aromatic heterocycles. The highest BCUT2D eigenvalue weighted by Gasteiger charge is 2.09. The van der Waals surface area contributed by atoms with E-state index in [-0.39, 0.29) is 30.7 Å². The Morgan fingerprint density at radius 3 is 2.68 bits per heavy atom. The van der Waals surface area contributed by atoms with E-state index >= 15 is 0 Å². The van der Waals surface area contributed by atoms with Gasteiger partial charge in [-0.1, -0.05) is 0 Å². The second-order valence-corrected chi connectivity index (χ2v) is 7.91. The summed E-state index contributed by atoms with van der Waals surface area (Å²) in [6.07, 6.45) is 1.66. The minimum absolute atomic E-state index is 0.0314. The zero-order chi connectivity index (χ0) is 18.9. The van der Waals surface area contributed by atoms with Crippen molar-refractivity contribution in [2.45, 2.75) is 26.3 Å². The van der Waals surface area contributed by atoms with Crippen molar-refractivity contribution in [3.8, 4) is 5.75 Å². The number of nitrogens with zero attached hydrogens (tertiary/aromatic N) is 1. The summed E-state index contributed by atoms with van der Waals surface area (Å²) in [5.74, 6) is -0.844. The molecular weight excluding hydrogens is 352 g/mol. The molecule has 142 valence electrons. The van der Waals surface area contributed by atoms with Crippen LogP contribution in [-0.4, -0.2) is 52.1 Å². The van der Waals surface area contributed by atoms with Crippen LogP contribution in [0.2, 0.25) is 0 Å². The lowest BCUT2D eigenvalue weighted by molar-refractivity contribution is 0.310. The zero-order valence-electron chi connectivity index (χ0n) is 14.7. The van der Waals surface area contributed by atoms with Crippen molar-refractivity contribution in [2.24, 2.45) is 4.99 Å². The maximum Gasteiger partial charge on any atom is 0.191 e. The number of hydrogen-bond donors (Lipinski definition) is 2. The molecular formula is C16H25F2N3O3S. The third-order valence-electron chi connectivity index (χ3n) is 3.16. The molecule has 25 heavy (non-hydrogen) atoms. The Morgan fingerprint density at radius 2 is 2.08 bits per heavy atom. The van der Waals surface area contributed by atoms with E-state index in [4.69, 9.17) is 4.74 Å². The van der Waals surface area contributed by atoms with Gasteiger partial charge in [-0.15, -0.1) is 0 Å². The summed E-state index contributed by atoms with van der Waals surface area (Å²) in [6, 6.07) is 3.03. The van der Waals surface area contributed by atoms with Crippen LogP contribution in [0.25, 0.3) is 0 Å². The maximum atomic E-state index is 13.4. The lowest BCUT2D eigenvalue weighted by Gasteiger charge is -2.17. The highest BCUT2D eigenvalue weighted by molar-refractivity contribution is 7.90. The lowest BCUT2D eigenvalue weighted by Crippen LogP contribution is -2.43. The Kier molecular flexibility index (Phi) is 8.60. The topological polar surface area (TPSA) is 79.8 Å². The molecule has 1 aromatic rings. The van der Waals surface area contributed by atoms with E-state index < -0.39 is 21.5 Å². The molecule has 0 bridgehead atoms. The number of ether oxygens (including phenoxy) is 1. The molecule has 0 aliphatic rings. The van der Waals surface area contributed by atoms with Gasteiger partial charge >= 0.3 is 0 Å². The molecule has 0 spiro atoms. The molecule has 1 unspecified atom stereocenters. The van der Waals surface area contributed by atoms with Gasteiger partial charge in [-0.05, 0) is 32.4 Å². The molecule has 0 saturated carbocycles. The van der Waals surface area contributed by atoms with Crippen molar-refractivity contribution >= 4 is 15.8 Å². The minimum Gasteiger partial charge on any atom is -0.489 e. The molecule has 0 aliphatic carbocycles. The fourth-order valence-corrected chi connectivity index (χ4v) is 2.70. The van der Waals surface area contributed by atoms with Crippen LogP contribution in [0.15, 0.2) is 23.2 Å². The average Bonchev–Trinajstić information content (AvgIpc) is 2.50. The van der Waals surface area contributed by atoms with E-state index in [1.54, 1.807) is 0 Å². The third-order valence-corrected chi connectivity index (χ3v) is 4.14. The molecule has 6 nitrogen and oxygen atoms in total. The molecule has 0 radical (unpaired) electrons. The predicted molar refractivity (Wildman–Crippen MR) is 94.8 cm³/mol. The van der Waals surface area contributed by atoms with Gasteiger partial charge in [-0.3, -0.25) is 0 Å². The molecule has 0 amide bonds. The number of rotatable bonds is 9. The molecule has 1 aromatic carbocycles. The van der Waals surface area contributed by atoms with Crippen molar-refractivity contribution in [1.29, 1.82) is 0 Å². The normalized spacial score (nSPS) is 13.4. The van der Waals surface area contributed by atoms with E-state index in [0.717, 1.165) is 12.1 Å². The summed E-state index contributed by atoms with van der Waals surface area (Å²) in [7, 11) is -3.01. The number of aliphatic imine (C=N–C) groups is 1. The van der Waals surface area contributed by atoms with Gasteiger partial charge in [0.05, 0.1) is 12.3 Å². The van der Waals surface area contributed by atoms with Crippen LogP contribution in [0.3, 0.4) is 0 Å². The first-order valence-electron chi connectivity index (χ1n) is 8.01. The van der Waals surface area contributed by atoms with Crippen molar-refractivity contribution in [3.05, 3.63) is 29.8 Å². The number of halogens is 2. The van der Waals surface area contributed by atoms with Crippen LogP contribution in [0.5, 0.6) is 5.75 Å².